The van der Waals surface area contributed by atoms with Crippen molar-refractivity contribution in [3.05, 3.63) is 72.8 Å². The monoisotopic (exact) mass is 334 g/mol. The zero-order valence-electron chi connectivity index (χ0n) is 10.6. The van der Waals surface area contributed by atoms with Crippen LogP contribution in [-0.4, -0.2) is 11.5 Å². The molecule has 0 spiro atoms. The molecule has 0 aliphatic carbocycles. The SMILES string of the molecule is O=P(C/C=C/CBr)(c1ccccc1)c1ccccc1. The molecule has 0 aliphatic heterocycles. The van der Waals surface area contributed by atoms with E-state index in [1.807, 2.05) is 72.8 Å². The van der Waals surface area contributed by atoms with Crippen molar-refractivity contribution in [2.75, 3.05) is 11.5 Å². The van der Waals surface area contributed by atoms with E-state index in [1.54, 1.807) is 0 Å². The fourth-order valence-electron chi connectivity index (χ4n) is 1.98. The van der Waals surface area contributed by atoms with E-state index in [0.717, 1.165) is 15.9 Å². The summed E-state index contributed by atoms with van der Waals surface area (Å²) in [6.07, 6.45) is 4.56. The van der Waals surface area contributed by atoms with Gasteiger partial charge in [-0.1, -0.05) is 88.7 Å². The van der Waals surface area contributed by atoms with Gasteiger partial charge >= 0.3 is 0 Å². The summed E-state index contributed by atoms with van der Waals surface area (Å²) in [5, 5.41) is 2.62. The first-order chi connectivity index (χ1) is 9.27. The molecule has 3 heteroatoms. The Hall–Kier alpha value is -1.11. The van der Waals surface area contributed by atoms with E-state index in [4.69, 9.17) is 0 Å². The second-order valence-corrected chi connectivity index (χ2v) is 7.74. The average molecular weight is 335 g/mol. The number of hydrogen-bond donors (Lipinski definition) is 0. The second kappa shape index (κ2) is 6.88. The van der Waals surface area contributed by atoms with Gasteiger partial charge in [0, 0.05) is 22.1 Å². The topological polar surface area (TPSA) is 17.1 Å². The largest absolute Gasteiger partial charge is 0.313 e. The van der Waals surface area contributed by atoms with Gasteiger partial charge < -0.3 is 4.57 Å². The molecule has 0 bridgehead atoms. The first-order valence-electron chi connectivity index (χ1n) is 6.18. The lowest BCUT2D eigenvalue weighted by Gasteiger charge is -2.17. The van der Waals surface area contributed by atoms with Crippen LogP contribution in [0.5, 0.6) is 0 Å². The number of benzene rings is 2. The Kier molecular flexibility index (Phi) is 5.18. The van der Waals surface area contributed by atoms with E-state index in [9.17, 15) is 4.57 Å². The third-order valence-corrected chi connectivity index (χ3v) is 6.33. The molecule has 2 rings (SSSR count). The van der Waals surface area contributed by atoms with Gasteiger partial charge in [-0.05, 0) is 0 Å². The summed E-state index contributed by atoms with van der Waals surface area (Å²) in [6.45, 7) is 0. The molecule has 0 aliphatic rings. The molecule has 0 heterocycles. The number of allylic oxidation sites excluding steroid dienone is 2. The van der Waals surface area contributed by atoms with Crippen molar-refractivity contribution < 1.29 is 4.57 Å². The van der Waals surface area contributed by atoms with E-state index < -0.39 is 7.14 Å². The van der Waals surface area contributed by atoms with E-state index in [2.05, 4.69) is 15.9 Å². The van der Waals surface area contributed by atoms with Crippen LogP contribution in [0, 0.1) is 0 Å². The number of rotatable bonds is 5. The van der Waals surface area contributed by atoms with Gasteiger partial charge in [-0.25, -0.2) is 0 Å². The van der Waals surface area contributed by atoms with Gasteiger partial charge in [0.1, 0.15) is 7.14 Å². The van der Waals surface area contributed by atoms with E-state index in [0.29, 0.717) is 6.16 Å². The minimum absolute atomic E-state index is 0.562. The maximum atomic E-state index is 13.4. The van der Waals surface area contributed by atoms with Crippen LogP contribution in [0.1, 0.15) is 0 Å². The zero-order valence-corrected chi connectivity index (χ0v) is 13.1. The van der Waals surface area contributed by atoms with E-state index in [-0.39, 0.29) is 0 Å². The van der Waals surface area contributed by atoms with Crippen molar-refractivity contribution in [3.63, 3.8) is 0 Å². The second-order valence-electron chi connectivity index (χ2n) is 4.22. The molecule has 0 saturated carbocycles. The third kappa shape index (κ3) is 3.46. The van der Waals surface area contributed by atoms with Gasteiger partial charge in [-0.2, -0.15) is 0 Å². The first-order valence-corrected chi connectivity index (χ1v) is 9.20. The predicted octanol–water partition coefficient (Wildman–Crippen LogP) is 3.95. The molecule has 0 amide bonds. The Bertz CT molecular complexity index is 535. The molecule has 0 fully saturated rings. The van der Waals surface area contributed by atoms with Crippen molar-refractivity contribution in [2.45, 2.75) is 0 Å². The van der Waals surface area contributed by atoms with Gasteiger partial charge in [0.25, 0.3) is 0 Å². The van der Waals surface area contributed by atoms with Crippen molar-refractivity contribution >= 4 is 33.7 Å². The van der Waals surface area contributed by atoms with Crippen LogP contribution in [-0.2, 0) is 4.57 Å². The Morgan fingerprint density at radius 3 is 1.74 bits per heavy atom. The molecular weight excluding hydrogens is 319 g/mol. The number of halogens is 1. The number of hydrogen-bond acceptors (Lipinski definition) is 1. The maximum Gasteiger partial charge on any atom is 0.146 e. The van der Waals surface area contributed by atoms with Crippen molar-refractivity contribution in [1.82, 2.24) is 0 Å². The van der Waals surface area contributed by atoms with Crippen molar-refractivity contribution in [1.29, 1.82) is 0 Å². The smallest absolute Gasteiger partial charge is 0.146 e. The van der Waals surface area contributed by atoms with Crippen LogP contribution in [0.2, 0.25) is 0 Å². The molecule has 2 aromatic carbocycles. The average Bonchev–Trinajstić information content (AvgIpc) is 2.49. The van der Waals surface area contributed by atoms with Crippen molar-refractivity contribution in [3.8, 4) is 0 Å². The molecule has 0 saturated heterocycles. The van der Waals surface area contributed by atoms with Gasteiger partial charge in [0.05, 0.1) is 0 Å². The molecule has 0 N–H and O–H groups in total. The predicted molar refractivity (Wildman–Crippen MR) is 87.6 cm³/mol. The van der Waals surface area contributed by atoms with E-state index >= 15 is 0 Å². The Morgan fingerprint density at radius 2 is 1.32 bits per heavy atom. The van der Waals surface area contributed by atoms with E-state index in [1.165, 1.54) is 0 Å². The van der Waals surface area contributed by atoms with Crippen LogP contribution in [0.3, 0.4) is 0 Å². The van der Waals surface area contributed by atoms with Crippen molar-refractivity contribution in [2.24, 2.45) is 0 Å². The molecule has 0 atom stereocenters. The summed E-state index contributed by atoms with van der Waals surface area (Å²) < 4.78 is 13.4. The number of alkyl halides is 1. The highest BCUT2D eigenvalue weighted by Gasteiger charge is 2.25. The van der Waals surface area contributed by atoms with Crippen LogP contribution < -0.4 is 10.6 Å². The summed E-state index contributed by atoms with van der Waals surface area (Å²) in [5.74, 6) is 0. The van der Waals surface area contributed by atoms with Crippen LogP contribution >= 0.6 is 23.1 Å². The summed E-state index contributed by atoms with van der Waals surface area (Å²) in [5.41, 5.74) is 0. The molecule has 2 aromatic rings. The summed E-state index contributed by atoms with van der Waals surface area (Å²) in [7, 11) is -2.56. The first kappa shape index (κ1) is 14.3. The zero-order chi connectivity index (χ0) is 13.6. The summed E-state index contributed by atoms with van der Waals surface area (Å²) in [6, 6.07) is 19.5. The highest BCUT2D eigenvalue weighted by atomic mass is 79.9. The third-order valence-electron chi connectivity index (χ3n) is 2.96. The van der Waals surface area contributed by atoms with Gasteiger partial charge in [0.2, 0.25) is 0 Å². The molecular formula is C16H16BrOP. The fourth-order valence-corrected chi connectivity index (χ4v) is 4.72. The minimum atomic E-state index is -2.56. The Labute approximate surface area is 122 Å². The van der Waals surface area contributed by atoms with Gasteiger partial charge in [0.15, 0.2) is 0 Å². The van der Waals surface area contributed by atoms with Crippen LogP contribution in [0.4, 0.5) is 0 Å². The lowest BCUT2D eigenvalue weighted by Crippen LogP contribution is -2.17. The quantitative estimate of drug-likeness (QED) is 0.459. The van der Waals surface area contributed by atoms with Crippen LogP contribution in [0.15, 0.2) is 72.8 Å². The maximum absolute atomic E-state index is 13.4. The summed E-state index contributed by atoms with van der Waals surface area (Å²) >= 11 is 3.35. The lowest BCUT2D eigenvalue weighted by molar-refractivity contribution is 0.588. The molecule has 1 nitrogen and oxygen atoms in total. The lowest BCUT2D eigenvalue weighted by atomic mass is 10.4. The normalized spacial score (nSPS) is 11.8. The molecule has 98 valence electrons. The highest BCUT2D eigenvalue weighted by Crippen LogP contribution is 2.43. The van der Waals surface area contributed by atoms with Gasteiger partial charge in [-0.15, -0.1) is 0 Å². The summed E-state index contributed by atoms with van der Waals surface area (Å²) in [4.78, 5) is 0. The fraction of sp³-hybridized carbons (Fsp3) is 0.125. The minimum Gasteiger partial charge on any atom is -0.313 e. The molecule has 0 radical (unpaired) electrons. The highest BCUT2D eigenvalue weighted by molar-refractivity contribution is 9.09. The Morgan fingerprint density at radius 1 is 0.842 bits per heavy atom. The molecule has 19 heavy (non-hydrogen) atoms. The standard InChI is InChI=1S/C16H16BrOP/c17-13-7-8-14-19(18,15-9-3-1-4-10-15)16-11-5-2-6-12-16/h1-12H,13-14H2/b8-7+. The molecule has 0 aromatic heterocycles. The van der Waals surface area contributed by atoms with Crippen LogP contribution in [0.25, 0.3) is 0 Å². The molecule has 0 unspecified atom stereocenters. The van der Waals surface area contributed by atoms with Gasteiger partial charge in [-0.3, -0.25) is 0 Å². The Balaban J connectivity index is 2.45.